The maximum Gasteiger partial charge on any atom is 0.229 e. The van der Waals surface area contributed by atoms with E-state index < -0.39 is 0 Å². The summed E-state index contributed by atoms with van der Waals surface area (Å²) in [6.07, 6.45) is 3.52. The van der Waals surface area contributed by atoms with Crippen LogP contribution in [0.1, 0.15) is 0 Å². The van der Waals surface area contributed by atoms with Gasteiger partial charge in [0.1, 0.15) is 5.75 Å². The number of nitrogens with one attached hydrogen (secondary N) is 1. The van der Waals surface area contributed by atoms with Crippen LogP contribution < -0.4 is 5.32 Å². The summed E-state index contributed by atoms with van der Waals surface area (Å²) < 4.78 is 1.83. The van der Waals surface area contributed by atoms with Crippen LogP contribution in [0, 0.1) is 0 Å². The van der Waals surface area contributed by atoms with Gasteiger partial charge in [0.15, 0.2) is 5.65 Å². The Morgan fingerprint density at radius 1 is 0.815 bits per heavy atom. The second kappa shape index (κ2) is 6.10. The molecule has 130 valence electrons. The fourth-order valence-corrected chi connectivity index (χ4v) is 3.12. The molecule has 0 aliphatic rings. The molecular formula is C21H15N5O. The molecule has 2 N–H and O–H groups in total. The lowest BCUT2D eigenvalue weighted by Crippen LogP contribution is -2.01. The average molecular weight is 353 g/mol. The van der Waals surface area contributed by atoms with Gasteiger partial charge in [0, 0.05) is 17.3 Å². The van der Waals surface area contributed by atoms with E-state index in [2.05, 4.69) is 38.6 Å². The number of phenols is 1. The third-order valence-corrected chi connectivity index (χ3v) is 4.43. The van der Waals surface area contributed by atoms with E-state index >= 15 is 0 Å². The second-order valence-electron chi connectivity index (χ2n) is 6.20. The molecule has 0 radical (unpaired) electrons. The fourth-order valence-electron chi connectivity index (χ4n) is 3.12. The van der Waals surface area contributed by atoms with Crippen molar-refractivity contribution in [1.82, 2.24) is 19.7 Å². The van der Waals surface area contributed by atoms with Crippen molar-refractivity contribution in [2.24, 2.45) is 0 Å². The van der Waals surface area contributed by atoms with E-state index in [0.717, 1.165) is 33.2 Å². The Kier molecular flexibility index (Phi) is 3.47. The van der Waals surface area contributed by atoms with Gasteiger partial charge < -0.3 is 10.4 Å². The molecule has 2 aromatic heterocycles. The minimum atomic E-state index is 0.214. The number of phenolic OH excluding ortho intramolecular Hbond substituents is 1. The number of rotatable bonds is 3. The Morgan fingerprint density at radius 2 is 1.63 bits per heavy atom. The van der Waals surface area contributed by atoms with E-state index in [1.54, 1.807) is 36.7 Å². The Bertz CT molecular complexity index is 1260. The number of fused-ring (bicyclic) bond motifs is 2. The highest BCUT2D eigenvalue weighted by molar-refractivity contribution is 5.91. The van der Waals surface area contributed by atoms with E-state index in [1.165, 1.54) is 0 Å². The maximum atomic E-state index is 9.41. The van der Waals surface area contributed by atoms with E-state index in [1.807, 2.05) is 28.9 Å². The molecule has 0 unspecified atom stereocenters. The zero-order chi connectivity index (χ0) is 18.2. The first-order chi connectivity index (χ1) is 13.3. The summed E-state index contributed by atoms with van der Waals surface area (Å²) in [5, 5.41) is 20.2. The van der Waals surface area contributed by atoms with Gasteiger partial charge in [-0.3, -0.25) is 0 Å². The Hall–Kier alpha value is -3.93. The fraction of sp³-hybridized carbons (Fsp3) is 0. The summed E-state index contributed by atoms with van der Waals surface area (Å²) >= 11 is 0. The normalized spacial score (nSPS) is 11.1. The highest BCUT2D eigenvalue weighted by Gasteiger charge is 2.11. The summed E-state index contributed by atoms with van der Waals surface area (Å²) in [6, 6.07) is 21.1. The SMILES string of the molecule is Oc1ccc(Nc2ncc3cnn(-c4cccc5ccccc45)c3n2)cc1. The van der Waals surface area contributed by atoms with E-state index in [-0.39, 0.29) is 5.75 Å². The van der Waals surface area contributed by atoms with Crippen LogP contribution in [0.4, 0.5) is 11.6 Å². The first-order valence-corrected chi connectivity index (χ1v) is 8.53. The number of benzene rings is 3. The molecule has 0 spiro atoms. The number of hydrogen-bond acceptors (Lipinski definition) is 5. The van der Waals surface area contributed by atoms with Crippen LogP contribution in [-0.2, 0) is 0 Å². The molecule has 0 saturated heterocycles. The molecule has 2 heterocycles. The first kappa shape index (κ1) is 15.3. The van der Waals surface area contributed by atoms with Crippen LogP contribution >= 0.6 is 0 Å². The number of nitrogens with zero attached hydrogens (tertiary/aromatic N) is 4. The van der Waals surface area contributed by atoms with E-state index in [9.17, 15) is 5.11 Å². The van der Waals surface area contributed by atoms with Crippen molar-refractivity contribution < 1.29 is 5.11 Å². The molecule has 0 aliphatic carbocycles. The van der Waals surface area contributed by atoms with Crippen LogP contribution in [0.2, 0.25) is 0 Å². The van der Waals surface area contributed by atoms with Crippen LogP contribution in [0.5, 0.6) is 5.75 Å². The summed E-state index contributed by atoms with van der Waals surface area (Å²) in [4.78, 5) is 9.01. The number of aromatic hydroxyl groups is 1. The predicted molar refractivity (Wildman–Crippen MR) is 106 cm³/mol. The lowest BCUT2D eigenvalue weighted by atomic mass is 10.1. The Balaban J connectivity index is 1.62. The molecule has 0 amide bonds. The molecule has 0 atom stereocenters. The second-order valence-corrected chi connectivity index (χ2v) is 6.20. The molecule has 6 nitrogen and oxygen atoms in total. The maximum absolute atomic E-state index is 9.41. The van der Waals surface area contributed by atoms with Gasteiger partial charge in [-0.25, -0.2) is 9.67 Å². The molecule has 6 heteroatoms. The predicted octanol–water partition coefficient (Wildman–Crippen LogP) is 4.42. The van der Waals surface area contributed by atoms with Crippen molar-refractivity contribution in [1.29, 1.82) is 0 Å². The van der Waals surface area contributed by atoms with Crippen LogP contribution in [-0.4, -0.2) is 24.9 Å². The zero-order valence-electron chi connectivity index (χ0n) is 14.2. The van der Waals surface area contributed by atoms with Gasteiger partial charge >= 0.3 is 0 Å². The largest absolute Gasteiger partial charge is 0.508 e. The molecule has 5 aromatic rings. The van der Waals surface area contributed by atoms with Gasteiger partial charge in [0.2, 0.25) is 5.95 Å². The minimum Gasteiger partial charge on any atom is -0.508 e. The highest BCUT2D eigenvalue weighted by atomic mass is 16.3. The van der Waals surface area contributed by atoms with Crippen molar-refractivity contribution in [3.05, 3.63) is 79.1 Å². The van der Waals surface area contributed by atoms with Gasteiger partial charge in [-0.05, 0) is 35.7 Å². The Morgan fingerprint density at radius 3 is 2.52 bits per heavy atom. The number of hydrogen-bond donors (Lipinski definition) is 2. The molecule has 0 fully saturated rings. The third kappa shape index (κ3) is 2.73. The van der Waals surface area contributed by atoms with Gasteiger partial charge in [0.25, 0.3) is 0 Å². The van der Waals surface area contributed by atoms with Crippen molar-refractivity contribution in [2.75, 3.05) is 5.32 Å². The molecule has 0 saturated carbocycles. The van der Waals surface area contributed by atoms with Crippen molar-refractivity contribution in [3.63, 3.8) is 0 Å². The summed E-state index contributed by atoms with van der Waals surface area (Å²) in [6.45, 7) is 0. The monoisotopic (exact) mass is 353 g/mol. The van der Waals surface area contributed by atoms with Crippen molar-refractivity contribution in [3.8, 4) is 11.4 Å². The summed E-state index contributed by atoms with van der Waals surface area (Å²) in [5.41, 5.74) is 2.49. The van der Waals surface area contributed by atoms with Crippen LogP contribution in [0.25, 0.3) is 27.5 Å². The summed E-state index contributed by atoms with van der Waals surface area (Å²) in [7, 11) is 0. The molecule has 0 aliphatic heterocycles. The van der Waals surface area contributed by atoms with E-state index in [0.29, 0.717) is 5.95 Å². The molecular weight excluding hydrogens is 338 g/mol. The molecule has 5 rings (SSSR count). The van der Waals surface area contributed by atoms with Crippen LogP contribution in [0.15, 0.2) is 79.1 Å². The topological polar surface area (TPSA) is 75.9 Å². The molecule has 27 heavy (non-hydrogen) atoms. The number of anilines is 2. The highest BCUT2D eigenvalue weighted by Crippen LogP contribution is 2.25. The van der Waals surface area contributed by atoms with Crippen molar-refractivity contribution in [2.45, 2.75) is 0 Å². The standard InChI is InChI=1S/C21H15N5O/c27-17-10-8-16(9-11-17)24-21-22-12-15-13-23-26(20(15)25-21)19-7-3-5-14-4-1-2-6-18(14)19/h1-13,27H,(H,22,24,25). The number of aromatic nitrogens is 4. The molecule has 3 aromatic carbocycles. The lowest BCUT2D eigenvalue weighted by Gasteiger charge is -2.09. The van der Waals surface area contributed by atoms with E-state index in [4.69, 9.17) is 0 Å². The first-order valence-electron chi connectivity index (χ1n) is 8.53. The van der Waals surface area contributed by atoms with Crippen LogP contribution in [0.3, 0.4) is 0 Å². The smallest absolute Gasteiger partial charge is 0.229 e. The third-order valence-electron chi connectivity index (χ3n) is 4.43. The summed E-state index contributed by atoms with van der Waals surface area (Å²) in [5.74, 6) is 0.682. The van der Waals surface area contributed by atoms with Gasteiger partial charge in [-0.1, -0.05) is 36.4 Å². The zero-order valence-corrected chi connectivity index (χ0v) is 14.2. The van der Waals surface area contributed by atoms with Gasteiger partial charge in [0.05, 0.1) is 17.3 Å². The van der Waals surface area contributed by atoms with Gasteiger partial charge in [-0.2, -0.15) is 10.1 Å². The van der Waals surface area contributed by atoms with Crippen molar-refractivity contribution >= 4 is 33.4 Å². The molecule has 0 bridgehead atoms. The lowest BCUT2D eigenvalue weighted by molar-refractivity contribution is 0.475. The quantitative estimate of drug-likeness (QED) is 0.470. The van der Waals surface area contributed by atoms with Gasteiger partial charge in [-0.15, -0.1) is 0 Å². The minimum absolute atomic E-state index is 0.214. The average Bonchev–Trinajstić information content (AvgIpc) is 3.12. The Labute approximate surface area is 154 Å².